The van der Waals surface area contributed by atoms with Crippen LogP contribution >= 0.6 is 0 Å². The molecule has 1 amide bonds. The number of carbonyl (C=O) groups excluding carboxylic acids is 1. The van der Waals surface area contributed by atoms with Gasteiger partial charge in [-0.2, -0.15) is 0 Å². The number of aromatic nitrogens is 2. The number of hydrogen-bond donors (Lipinski definition) is 1. The molecule has 1 aliphatic heterocycles. The van der Waals surface area contributed by atoms with Gasteiger partial charge in [-0.15, -0.1) is 10.2 Å². The summed E-state index contributed by atoms with van der Waals surface area (Å²) in [5.41, 5.74) is 2.61. The molecule has 29 heavy (non-hydrogen) atoms. The minimum absolute atomic E-state index is 0.00543. The molecule has 150 valence electrons. The highest BCUT2D eigenvalue weighted by atomic mass is 19.1. The van der Waals surface area contributed by atoms with E-state index in [1.165, 1.54) is 12.1 Å². The van der Waals surface area contributed by atoms with Crippen molar-refractivity contribution in [1.29, 1.82) is 0 Å². The smallest absolute Gasteiger partial charge is 0.247 e. The van der Waals surface area contributed by atoms with Crippen molar-refractivity contribution in [3.05, 3.63) is 65.8 Å². The van der Waals surface area contributed by atoms with Gasteiger partial charge < -0.3 is 9.73 Å². The number of rotatable bonds is 5. The quantitative estimate of drug-likeness (QED) is 0.708. The normalized spacial score (nSPS) is 15.4. The van der Waals surface area contributed by atoms with Crippen LogP contribution < -0.4 is 5.32 Å². The van der Waals surface area contributed by atoms with Gasteiger partial charge in [0.25, 0.3) is 0 Å². The van der Waals surface area contributed by atoms with E-state index in [9.17, 15) is 9.18 Å². The van der Waals surface area contributed by atoms with E-state index in [1.54, 1.807) is 12.1 Å². The Hall–Kier alpha value is -3.06. The molecule has 0 bridgehead atoms. The molecule has 0 saturated carbocycles. The minimum atomic E-state index is -0.299. The van der Waals surface area contributed by atoms with Crippen LogP contribution in [-0.2, 0) is 4.79 Å². The maximum absolute atomic E-state index is 13.1. The maximum atomic E-state index is 13.1. The van der Waals surface area contributed by atoms with E-state index in [0.717, 1.165) is 37.2 Å². The molecule has 2 heterocycles. The fourth-order valence-corrected chi connectivity index (χ4v) is 3.55. The molecule has 0 unspecified atom stereocenters. The summed E-state index contributed by atoms with van der Waals surface area (Å²) >= 11 is 0. The third kappa shape index (κ3) is 4.68. The van der Waals surface area contributed by atoms with Gasteiger partial charge in [-0.25, -0.2) is 4.39 Å². The minimum Gasteiger partial charge on any atom is -0.420 e. The molecule has 6 nitrogen and oxygen atoms in total. The molecule has 2 aromatic carbocycles. The topological polar surface area (TPSA) is 71.3 Å². The van der Waals surface area contributed by atoms with Crippen LogP contribution in [0.1, 0.15) is 30.2 Å². The third-order valence-electron chi connectivity index (χ3n) is 5.25. The molecule has 0 radical (unpaired) electrons. The van der Waals surface area contributed by atoms with Gasteiger partial charge in [0.1, 0.15) is 5.82 Å². The van der Waals surface area contributed by atoms with Crippen molar-refractivity contribution < 1.29 is 13.6 Å². The van der Waals surface area contributed by atoms with E-state index in [-0.39, 0.29) is 17.6 Å². The lowest BCUT2D eigenvalue weighted by atomic mass is 9.97. The Morgan fingerprint density at radius 1 is 1.14 bits per heavy atom. The Morgan fingerprint density at radius 2 is 1.86 bits per heavy atom. The predicted molar refractivity (Wildman–Crippen MR) is 108 cm³/mol. The Labute approximate surface area is 168 Å². The molecule has 7 heteroatoms. The zero-order valence-electron chi connectivity index (χ0n) is 16.3. The Morgan fingerprint density at radius 3 is 2.59 bits per heavy atom. The van der Waals surface area contributed by atoms with Crippen LogP contribution in [0.5, 0.6) is 0 Å². The summed E-state index contributed by atoms with van der Waals surface area (Å²) in [6.07, 6.45) is 1.70. The molecular formula is C22H23FN4O2. The molecule has 1 aliphatic rings. The van der Waals surface area contributed by atoms with E-state index >= 15 is 0 Å². The van der Waals surface area contributed by atoms with E-state index in [4.69, 9.17) is 4.42 Å². The first-order valence-electron chi connectivity index (χ1n) is 9.75. The molecule has 0 atom stereocenters. The number of anilines is 1. The molecule has 0 spiro atoms. The number of likely N-dealkylation sites (tertiary alicyclic amines) is 1. The number of amides is 1. The van der Waals surface area contributed by atoms with Crippen molar-refractivity contribution in [2.45, 2.75) is 25.7 Å². The number of nitrogens with zero attached hydrogens (tertiary/aromatic N) is 3. The summed E-state index contributed by atoms with van der Waals surface area (Å²) in [6, 6.07) is 13.8. The van der Waals surface area contributed by atoms with Crippen molar-refractivity contribution in [2.75, 3.05) is 25.0 Å². The lowest BCUT2D eigenvalue weighted by molar-refractivity contribution is -0.117. The number of piperidine rings is 1. The second kappa shape index (κ2) is 8.53. The summed E-state index contributed by atoms with van der Waals surface area (Å²) < 4.78 is 18.9. The fraction of sp³-hybridized carbons (Fsp3) is 0.318. The van der Waals surface area contributed by atoms with Crippen LogP contribution in [0.2, 0.25) is 0 Å². The Bertz CT molecular complexity index is 978. The molecule has 1 saturated heterocycles. The molecule has 1 aromatic heterocycles. The molecule has 1 fully saturated rings. The van der Waals surface area contributed by atoms with E-state index in [0.29, 0.717) is 23.9 Å². The number of nitrogens with one attached hydrogen (secondary N) is 1. The third-order valence-corrected chi connectivity index (χ3v) is 5.25. The predicted octanol–water partition coefficient (Wildman–Crippen LogP) is 4.00. The largest absolute Gasteiger partial charge is 0.420 e. The van der Waals surface area contributed by atoms with E-state index < -0.39 is 0 Å². The highest BCUT2D eigenvalue weighted by molar-refractivity contribution is 5.92. The van der Waals surface area contributed by atoms with Crippen LogP contribution in [0, 0.1) is 12.7 Å². The van der Waals surface area contributed by atoms with Gasteiger partial charge >= 0.3 is 0 Å². The Kier molecular flexibility index (Phi) is 5.67. The number of halogens is 1. The van der Waals surface area contributed by atoms with Crippen LogP contribution in [0.4, 0.5) is 10.1 Å². The van der Waals surface area contributed by atoms with Gasteiger partial charge in [0.2, 0.25) is 17.7 Å². The summed E-state index contributed by atoms with van der Waals surface area (Å²) in [6.45, 7) is 3.93. The van der Waals surface area contributed by atoms with Gasteiger partial charge in [0, 0.05) is 17.2 Å². The first-order valence-corrected chi connectivity index (χ1v) is 9.75. The second-order valence-electron chi connectivity index (χ2n) is 7.37. The van der Waals surface area contributed by atoms with Gasteiger partial charge in [0.15, 0.2) is 0 Å². The standard InChI is InChI=1S/C22H23FN4O2/c1-15-4-2-3-5-19(15)24-20(28)14-27-12-10-17(11-13-27)22-26-25-21(29-22)16-6-8-18(23)9-7-16/h2-9,17H,10-14H2,1H3,(H,24,28). The number of benzene rings is 2. The van der Waals surface area contributed by atoms with Gasteiger partial charge in [-0.1, -0.05) is 18.2 Å². The first-order chi connectivity index (χ1) is 14.1. The SMILES string of the molecule is Cc1ccccc1NC(=O)CN1CCC(c2nnc(-c3ccc(F)cc3)o2)CC1. The molecule has 3 aromatic rings. The summed E-state index contributed by atoms with van der Waals surface area (Å²) in [5, 5.41) is 11.3. The lowest BCUT2D eigenvalue weighted by Crippen LogP contribution is -2.38. The van der Waals surface area contributed by atoms with Crippen LogP contribution in [0.3, 0.4) is 0 Å². The summed E-state index contributed by atoms with van der Waals surface area (Å²) in [4.78, 5) is 14.5. The highest BCUT2D eigenvalue weighted by Crippen LogP contribution is 2.29. The van der Waals surface area contributed by atoms with Crippen molar-refractivity contribution in [3.63, 3.8) is 0 Å². The van der Waals surface area contributed by atoms with E-state index in [2.05, 4.69) is 20.4 Å². The zero-order valence-corrected chi connectivity index (χ0v) is 16.3. The summed E-state index contributed by atoms with van der Waals surface area (Å²) in [5.74, 6) is 0.877. The average molecular weight is 394 g/mol. The number of carbonyl (C=O) groups is 1. The summed E-state index contributed by atoms with van der Waals surface area (Å²) in [7, 11) is 0. The van der Waals surface area contributed by atoms with E-state index in [1.807, 2.05) is 31.2 Å². The van der Waals surface area contributed by atoms with Crippen LogP contribution in [0.25, 0.3) is 11.5 Å². The average Bonchev–Trinajstić information content (AvgIpc) is 3.21. The maximum Gasteiger partial charge on any atom is 0.247 e. The monoisotopic (exact) mass is 394 g/mol. The van der Waals surface area contributed by atoms with Gasteiger partial charge in [-0.3, -0.25) is 9.69 Å². The highest BCUT2D eigenvalue weighted by Gasteiger charge is 2.26. The zero-order chi connectivity index (χ0) is 20.2. The first kappa shape index (κ1) is 19.3. The van der Waals surface area contributed by atoms with Crippen molar-refractivity contribution in [2.24, 2.45) is 0 Å². The fourth-order valence-electron chi connectivity index (χ4n) is 3.55. The molecule has 0 aliphatic carbocycles. The van der Waals surface area contributed by atoms with Gasteiger partial charge in [-0.05, 0) is 68.8 Å². The lowest BCUT2D eigenvalue weighted by Gasteiger charge is -2.29. The van der Waals surface area contributed by atoms with Crippen molar-refractivity contribution in [3.8, 4) is 11.5 Å². The Balaban J connectivity index is 1.30. The van der Waals surface area contributed by atoms with Crippen molar-refractivity contribution in [1.82, 2.24) is 15.1 Å². The van der Waals surface area contributed by atoms with Crippen LogP contribution in [-0.4, -0.2) is 40.6 Å². The molecule has 1 N–H and O–H groups in total. The van der Waals surface area contributed by atoms with Crippen molar-refractivity contribution >= 4 is 11.6 Å². The van der Waals surface area contributed by atoms with Gasteiger partial charge in [0.05, 0.1) is 6.54 Å². The molecular weight excluding hydrogens is 371 g/mol. The van der Waals surface area contributed by atoms with Crippen LogP contribution in [0.15, 0.2) is 52.9 Å². The molecule has 4 rings (SSSR count). The second-order valence-corrected chi connectivity index (χ2v) is 7.37. The number of para-hydroxylation sites is 1. The number of aryl methyl sites for hydroxylation is 1. The number of hydrogen-bond acceptors (Lipinski definition) is 5.